The molecule has 1 atom stereocenters. The number of hydrogen-bond acceptors (Lipinski definition) is 7. The molecule has 0 bridgehead atoms. The van der Waals surface area contributed by atoms with Crippen LogP contribution in [-0.2, 0) is 20.9 Å². The third-order valence-electron chi connectivity index (χ3n) is 4.14. The lowest BCUT2D eigenvalue weighted by Gasteiger charge is -2.34. The number of carbonyl (C=O) groups is 2. The molecule has 1 unspecified atom stereocenters. The van der Waals surface area contributed by atoms with Gasteiger partial charge in [-0.05, 0) is 17.7 Å². The molecule has 0 spiro atoms. The fourth-order valence-corrected chi connectivity index (χ4v) is 2.81. The van der Waals surface area contributed by atoms with Gasteiger partial charge in [-0.2, -0.15) is 0 Å². The number of nitrogens with one attached hydrogen (secondary N) is 2. The summed E-state index contributed by atoms with van der Waals surface area (Å²) in [5, 5.41) is 2.78. The summed E-state index contributed by atoms with van der Waals surface area (Å²) in [4.78, 5) is 25.7. The Hall–Kier alpha value is -2.36. The number of nitrogens with zero attached hydrogens (tertiary/aromatic N) is 1. The molecule has 0 radical (unpaired) electrons. The van der Waals surface area contributed by atoms with Crippen molar-refractivity contribution < 1.29 is 23.8 Å². The monoisotopic (exact) mass is 366 g/mol. The van der Waals surface area contributed by atoms with Crippen LogP contribution in [-0.4, -0.2) is 63.3 Å². The van der Waals surface area contributed by atoms with Crippen molar-refractivity contribution in [1.29, 1.82) is 0 Å². The topological polar surface area (TPSA) is 115 Å². The molecule has 2 amide bonds. The Labute approximate surface area is 152 Å². The van der Waals surface area contributed by atoms with Gasteiger partial charge in [-0.25, -0.2) is 5.84 Å². The Morgan fingerprint density at radius 1 is 1.35 bits per heavy atom. The van der Waals surface area contributed by atoms with Gasteiger partial charge in [0.2, 0.25) is 11.8 Å². The number of hydrazine groups is 1. The number of hydrogen-bond donors (Lipinski definition) is 3. The molecule has 1 aliphatic rings. The van der Waals surface area contributed by atoms with Crippen LogP contribution in [0.15, 0.2) is 18.2 Å². The predicted molar refractivity (Wildman–Crippen MR) is 94.5 cm³/mol. The summed E-state index contributed by atoms with van der Waals surface area (Å²) in [5.41, 5.74) is 3.03. The largest absolute Gasteiger partial charge is 0.493 e. The zero-order valence-corrected chi connectivity index (χ0v) is 15.1. The maximum absolute atomic E-state index is 12.1. The van der Waals surface area contributed by atoms with Gasteiger partial charge in [0.25, 0.3) is 0 Å². The van der Waals surface area contributed by atoms with Crippen molar-refractivity contribution in [3.8, 4) is 11.5 Å². The SMILES string of the molecule is COCCOc1ccc(CN2CCNC(=O)C2CC(=O)NN)cc1OC. The Morgan fingerprint density at radius 3 is 2.85 bits per heavy atom. The standard InChI is InChI=1S/C17H26N4O5/c1-24-7-8-26-14-4-3-12(9-15(14)25-2)11-21-6-5-19-17(23)13(21)10-16(22)20-18/h3-4,9,13H,5-8,10-11,18H2,1-2H3,(H,19,23)(H,20,22). The number of ether oxygens (including phenoxy) is 3. The number of methoxy groups -OCH3 is 2. The van der Waals surface area contributed by atoms with E-state index in [1.807, 2.05) is 23.1 Å². The number of rotatable bonds is 9. The van der Waals surface area contributed by atoms with Crippen molar-refractivity contribution in [2.45, 2.75) is 19.0 Å². The maximum atomic E-state index is 12.1. The minimum Gasteiger partial charge on any atom is -0.493 e. The Kier molecular flexibility index (Phi) is 7.64. The molecule has 144 valence electrons. The van der Waals surface area contributed by atoms with Crippen LogP contribution in [0.5, 0.6) is 11.5 Å². The molecule has 0 saturated carbocycles. The number of nitrogens with two attached hydrogens (primary N) is 1. The predicted octanol–water partition coefficient (Wildman–Crippen LogP) is -0.599. The number of amides is 2. The molecule has 1 aromatic carbocycles. The van der Waals surface area contributed by atoms with Crippen molar-refractivity contribution in [2.75, 3.05) is 40.5 Å². The molecule has 0 aliphatic carbocycles. The summed E-state index contributed by atoms with van der Waals surface area (Å²) >= 11 is 0. The lowest BCUT2D eigenvalue weighted by molar-refractivity contribution is -0.134. The summed E-state index contributed by atoms with van der Waals surface area (Å²) in [7, 11) is 3.19. The zero-order chi connectivity index (χ0) is 18.9. The second kappa shape index (κ2) is 9.95. The second-order valence-electron chi connectivity index (χ2n) is 5.88. The fourth-order valence-electron chi connectivity index (χ4n) is 2.81. The molecule has 1 aromatic rings. The van der Waals surface area contributed by atoms with Gasteiger partial charge in [0, 0.05) is 26.7 Å². The van der Waals surface area contributed by atoms with Crippen LogP contribution in [0.3, 0.4) is 0 Å². The highest BCUT2D eigenvalue weighted by atomic mass is 16.5. The maximum Gasteiger partial charge on any atom is 0.237 e. The normalized spacial score (nSPS) is 17.5. The van der Waals surface area contributed by atoms with Crippen molar-refractivity contribution in [1.82, 2.24) is 15.6 Å². The van der Waals surface area contributed by atoms with Crippen molar-refractivity contribution >= 4 is 11.8 Å². The molecule has 1 fully saturated rings. The molecule has 2 rings (SSSR count). The van der Waals surface area contributed by atoms with Gasteiger partial charge >= 0.3 is 0 Å². The van der Waals surface area contributed by atoms with E-state index in [-0.39, 0.29) is 18.2 Å². The first-order valence-electron chi connectivity index (χ1n) is 8.39. The van der Waals surface area contributed by atoms with Crippen molar-refractivity contribution in [3.63, 3.8) is 0 Å². The Balaban J connectivity index is 2.09. The highest BCUT2D eigenvalue weighted by Gasteiger charge is 2.31. The summed E-state index contributed by atoms with van der Waals surface area (Å²) in [6, 6.07) is 5.05. The second-order valence-corrected chi connectivity index (χ2v) is 5.88. The summed E-state index contributed by atoms with van der Waals surface area (Å²) < 4.78 is 16.0. The van der Waals surface area contributed by atoms with Crippen LogP contribution in [0.4, 0.5) is 0 Å². The van der Waals surface area contributed by atoms with E-state index >= 15 is 0 Å². The van der Waals surface area contributed by atoms with E-state index in [1.54, 1.807) is 14.2 Å². The van der Waals surface area contributed by atoms with E-state index in [9.17, 15) is 9.59 Å². The van der Waals surface area contributed by atoms with Crippen LogP contribution in [0.25, 0.3) is 0 Å². The number of benzene rings is 1. The molecular formula is C17H26N4O5. The summed E-state index contributed by atoms with van der Waals surface area (Å²) in [5.74, 6) is 5.83. The minimum atomic E-state index is -0.559. The number of piperazine rings is 1. The third-order valence-corrected chi connectivity index (χ3v) is 4.14. The molecule has 26 heavy (non-hydrogen) atoms. The molecule has 1 aliphatic heterocycles. The molecule has 9 nitrogen and oxygen atoms in total. The Morgan fingerprint density at radius 2 is 2.15 bits per heavy atom. The van der Waals surface area contributed by atoms with E-state index in [4.69, 9.17) is 20.1 Å². The van der Waals surface area contributed by atoms with Crippen molar-refractivity contribution in [3.05, 3.63) is 23.8 Å². The van der Waals surface area contributed by atoms with E-state index in [0.29, 0.717) is 44.3 Å². The van der Waals surface area contributed by atoms with Gasteiger partial charge in [0.1, 0.15) is 6.61 Å². The molecule has 1 saturated heterocycles. The van der Waals surface area contributed by atoms with E-state index in [1.165, 1.54) is 0 Å². The van der Waals surface area contributed by atoms with Crippen LogP contribution >= 0.6 is 0 Å². The van der Waals surface area contributed by atoms with Crippen LogP contribution in [0.1, 0.15) is 12.0 Å². The lowest BCUT2D eigenvalue weighted by atomic mass is 10.1. The average molecular weight is 366 g/mol. The first kappa shape index (κ1) is 20.0. The number of carbonyl (C=O) groups excluding carboxylic acids is 2. The highest BCUT2D eigenvalue weighted by Crippen LogP contribution is 2.29. The minimum absolute atomic E-state index is 0.0116. The van der Waals surface area contributed by atoms with Gasteiger partial charge in [0.05, 0.1) is 26.2 Å². The third kappa shape index (κ3) is 5.32. The Bertz CT molecular complexity index is 625. The molecule has 4 N–H and O–H groups in total. The summed E-state index contributed by atoms with van der Waals surface area (Å²) in [6.45, 7) is 2.59. The van der Waals surface area contributed by atoms with E-state index < -0.39 is 6.04 Å². The zero-order valence-electron chi connectivity index (χ0n) is 15.1. The van der Waals surface area contributed by atoms with E-state index in [0.717, 1.165) is 5.56 Å². The molecule has 0 aromatic heterocycles. The molecule has 1 heterocycles. The van der Waals surface area contributed by atoms with E-state index in [2.05, 4.69) is 10.7 Å². The van der Waals surface area contributed by atoms with Gasteiger partial charge in [-0.3, -0.25) is 19.9 Å². The summed E-state index contributed by atoms with van der Waals surface area (Å²) in [6.07, 6.45) is 0.0116. The quantitative estimate of drug-likeness (QED) is 0.231. The highest BCUT2D eigenvalue weighted by molar-refractivity contribution is 5.88. The van der Waals surface area contributed by atoms with Gasteiger partial charge < -0.3 is 19.5 Å². The first-order chi connectivity index (χ1) is 12.6. The fraction of sp³-hybridized carbons (Fsp3) is 0.529. The first-order valence-corrected chi connectivity index (χ1v) is 8.39. The average Bonchev–Trinajstić information content (AvgIpc) is 2.65. The van der Waals surface area contributed by atoms with Gasteiger partial charge in [-0.1, -0.05) is 6.07 Å². The molecular weight excluding hydrogens is 340 g/mol. The van der Waals surface area contributed by atoms with Crippen LogP contribution in [0, 0.1) is 0 Å². The lowest BCUT2D eigenvalue weighted by Crippen LogP contribution is -2.56. The van der Waals surface area contributed by atoms with Crippen LogP contribution in [0.2, 0.25) is 0 Å². The van der Waals surface area contributed by atoms with Gasteiger partial charge in [-0.15, -0.1) is 0 Å². The van der Waals surface area contributed by atoms with Gasteiger partial charge in [0.15, 0.2) is 11.5 Å². The smallest absolute Gasteiger partial charge is 0.237 e. The van der Waals surface area contributed by atoms with Crippen LogP contribution < -0.4 is 26.1 Å². The van der Waals surface area contributed by atoms with Crippen molar-refractivity contribution in [2.24, 2.45) is 5.84 Å². The molecule has 9 heteroatoms.